The molecule has 1 atom stereocenters. The summed E-state index contributed by atoms with van der Waals surface area (Å²) in [5.41, 5.74) is 1.14. The third-order valence-corrected chi connectivity index (χ3v) is 4.43. The van der Waals surface area contributed by atoms with Crippen molar-refractivity contribution in [2.24, 2.45) is 0 Å². The molecule has 1 amide bonds. The lowest BCUT2D eigenvalue weighted by atomic mass is 10.0. The highest BCUT2D eigenvalue weighted by atomic mass is 19.1. The molecule has 0 aliphatic carbocycles. The highest BCUT2D eigenvalue weighted by Crippen LogP contribution is 2.29. The number of carbonyl (C=O) groups is 1. The lowest BCUT2D eigenvalue weighted by molar-refractivity contribution is 0.0733. The average Bonchev–Trinajstić information content (AvgIpc) is 3.02. The van der Waals surface area contributed by atoms with Crippen LogP contribution in [0.3, 0.4) is 0 Å². The molecule has 0 bridgehead atoms. The molecule has 1 fully saturated rings. The van der Waals surface area contributed by atoms with Crippen molar-refractivity contribution in [2.75, 3.05) is 13.7 Å². The van der Waals surface area contributed by atoms with Crippen molar-refractivity contribution in [3.8, 4) is 11.5 Å². The zero-order valence-corrected chi connectivity index (χ0v) is 13.5. The number of hydrogen-bond acceptors (Lipinski definition) is 3. The minimum absolute atomic E-state index is 0.0146. The Labute approximate surface area is 140 Å². The molecule has 24 heavy (non-hydrogen) atoms. The van der Waals surface area contributed by atoms with Crippen molar-refractivity contribution in [1.29, 1.82) is 0 Å². The maximum absolute atomic E-state index is 13.4. The van der Waals surface area contributed by atoms with E-state index in [0.717, 1.165) is 18.4 Å². The molecule has 1 unspecified atom stereocenters. The van der Waals surface area contributed by atoms with Gasteiger partial charge in [0.05, 0.1) is 12.7 Å². The van der Waals surface area contributed by atoms with E-state index in [1.165, 1.54) is 25.3 Å². The summed E-state index contributed by atoms with van der Waals surface area (Å²) in [6, 6.07) is 11.2. The number of amides is 1. The van der Waals surface area contributed by atoms with Gasteiger partial charge in [-0.3, -0.25) is 4.79 Å². The molecule has 5 heteroatoms. The summed E-state index contributed by atoms with van der Waals surface area (Å²) < 4.78 is 18.4. The monoisotopic (exact) mass is 329 g/mol. The van der Waals surface area contributed by atoms with Crippen LogP contribution in [0.15, 0.2) is 42.5 Å². The summed E-state index contributed by atoms with van der Waals surface area (Å²) in [5, 5.41) is 10.1. The number of methoxy groups -OCH3 is 1. The number of aromatic hydroxyl groups is 1. The maximum Gasteiger partial charge on any atom is 0.257 e. The molecule has 0 saturated carbocycles. The summed E-state index contributed by atoms with van der Waals surface area (Å²) in [7, 11) is 1.51. The molecule has 1 heterocycles. The van der Waals surface area contributed by atoms with Gasteiger partial charge in [0, 0.05) is 18.7 Å². The Morgan fingerprint density at radius 3 is 2.88 bits per heavy atom. The largest absolute Gasteiger partial charge is 0.507 e. The molecule has 1 saturated heterocycles. The summed E-state index contributed by atoms with van der Waals surface area (Å²) in [4.78, 5) is 14.6. The number of nitrogens with zero attached hydrogens (tertiary/aromatic N) is 1. The number of benzene rings is 2. The Hall–Kier alpha value is -2.56. The molecule has 1 N–H and O–H groups in total. The average molecular weight is 329 g/mol. The number of carbonyl (C=O) groups excluding carboxylic acids is 1. The Kier molecular flexibility index (Phi) is 4.69. The van der Waals surface area contributed by atoms with Crippen LogP contribution in [0.2, 0.25) is 0 Å². The predicted octanol–water partition coefficient (Wildman–Crippen LogP) is 3.39. The third kappa shape index (κ3) is 3.35. The van der Waals surface area contributed by atoms with Gasteiger partial charge in [-0.05, 0) is 49.1 Å². The molecular formula is C19H20FNO3. The SMILES string of the molecule is COc1ccc(C(=O)N2CCCC2Cc2cccc(F)c2)c(O)c1. The first-order valence-corrected chi connectivity index (χ1v) is 8.01. The van der Waals surface area contributed by atoms with E-state index >= 15 is 0 Å². The zero-order chi connectivity index (χ0) is 17.1. The number of phenolic OH excluding ortho intramolecular Hbond substituents is 1. The van der Waals surface area contributed by atoms with Crippen LogP contribution in [0, 0.1) is 5.82 Å². The highest BCUT2D eigenvalue weighted by Gasteiger charge is 2.30. The topological polar surface area (TPSA) is 49.8 Å². The van der Waals surface area contributed by atoms with Gasteiger partial charge >= 0.3 is 0 Å². The van der Waals surface area contributed by atoms with Crippen molar-refractivity contribution >= 4 is 5.91 Å². The minimum Gasteiger partial charge on any atom is -0.507 e. The first kappa shape index (κ1) is 16.3. The van der Waals surface area contributed by atoms with E-state index in [-0.39, 0.29) is 29.1 Å². The maximum atomic E-state index is 13.4. The van der Waals surface area contributed by atoms with Crippen LogP contribution < -0.4 is 4.74 Å². The number of halogens is 1. The molecule has 0 spiro atoms. The van der Waals surface area contributed by atoms with E-state index < -0.39 is 0 Å². The number of rotatable bonds is 4. The van der Waals surface area contributed by atoms with Gasteiger partial charge in [-0.15, -0.1) is 0 Å². The van der Waals surface area contributed by atoms with Gasteiger partial charge < -0.3 is 14.7 Å². The van der Waals surface area contributed by atoms with Gasteiger partial charge in [0.2, 0.25) is 0 Å². The first-order valence-electron chi connectivity index (χ1n) is 8.01. The highest BCUT2D eigenvalue weighted by molar-refractivity contribution is 5.97. The fraction of sp³-hybridized carbons (Fsp3) is 0.316. The molecule has 1 aliphatic heterocycles. The van der Waals surface area contributed by atoms with Gasteiger partial charge in [-0.2, -0.15) is 0 Å². The molecule has 126 valence electrons. The van der Waals surface area contributed by atoms with Gasteiger partial charge in [0.25, 0.3) is 5.91 Å². The third-order valence-electron chi connectivity index (χ3n) is 4.43. The van der Waals surface area contributed by atoms with E-state index in [0.29, 0.717) is 18.7 Å². The number of hydrogen-bond donors (Lipinski definition) is 1. The second-order valence-electron chi connectivity index (χ2n) is 6.01. The van der Waals surface area contributed by atoms with Crippen LogP contribution in [-0.2, 0) is 6.42 Å². The van der Waals surface area contributed by atoms with Crippen molar-refractivity contribution < 1.29 is 19.0 Å². The molecule has 1 aliphatic rings. The van der Waals surface area contributed by atoms with E-state index in [2.05, 4.69) is 0 Å². The Balaban J connectivity index is 1.78. The van der Waals surface area contributed by atoms with Crippen LogP contribution in [0.1, 0.15) is 28.8 Å². The second-order valence-corrected chi connectivity index (χ2v) is 6.01. The van der Waals surface area contributed by atoms with Crippen molar-refractivity contribution in [3.05, 3.63) is 59.4 Å². The Morgan fingerprint density at radius 1 is 1.33 bits per heavy atom. The quantitative estimate of drug-likeness (QED) is 0.935. The van der Waals surface area contributed by atoms with Gasteiger partial charge in [0.15, 0.2) is 0 Å². The number of likely N-dealkylation sites (tertiary alicyclic amines) is 1. The number of ether oxygens (including phenoxy) is 1. The molecular weight excluding hydrogens is 309 g/mol. The predicted molar refractivity (Wildman–Crippen MR) is 88.8 cm³/mol. The van der Waals surface area contributed by atoms with Gasteiger partial charge in [-0.1, -0.05) is 12.1 Å². The summed E-state index contributed by atoms with van der Waals surface area (Å²) >= 11 is 0. The van der Waals surface area contributed by atoms with E-state index in [9.17, 15) is 14.3 Å². The van der Waals surface area contributed by atoms with E-state index in [4.69, 9.17) is 4.74 Å². The molecule has 2 aromatic rings. The Bertz CT molecular complexity index is 747. The molecule has 2 aromatic carbocycles. The lowest BCUT2D eigenvalue weighted by Gasteiger charge is -2.25. The van der Waals surface area contributed by atoms with Gasteiger partial charge in [0.1, 0.15) is 17.3 Å². The lowest BCUT2D eigenvalue weighted by Crippen LogP contribution is -2.36. The van der Waals surface area contributed by atoms with E-state index in [1.54, 1.807) is 23.1 Å². The fourth-order valence-electron chi connectivity index (χ4n) is 3.23. The van der Waals surface area contributed by atoms with E-state index in [1.807, 2.05) is 6.07 Å². The minimum atomic E-state index is -0.267. The summed E-state index contributed by atoms with van der Waals surface area (Å²) in [6.07, 6.45) is 2.39. The summed E-state index contributed by atoms with van der Waals surface area (Å²) in [5.74, 6) is -0.0530. The van der Waals surface area contributed by atoms with Crippen LogP contribution in [-0.4, -0.2) is 35.6 Å². The molecule has 0 radical (unpaired) electrons. The van der Waals surface area contributed by atoms with Gasteiger partial charge in [-0.25, -0.2) is 4.39 Å². The van der Waals surface area contributed by atoms with Crippen LogP contribution in [0.5, 0.6) is 11.5 Å². The second kappa shape index (κ2) is 6.91. The fourth-order valence-corrected chi connectivity index (χ4v) is 3.23. The number of phenols is 1. The van der Waals surface area contributed by atoms with Crippen LogP contribution >= 0.6 is 0 Å². The van der Waals surface area contributed by atoms with Crippen LogP contribution in [0.4, 0.5) is 4.39 Å². The molecule has 4 nitrogen and oxygen atoms in total. The van der Waals surface area contributed by atoms with Crippen molar-refractivity contribution in [1.82, 2.24) is 4.90 Å². The van der Waals surface area contributed by atoms with Crippen molar-refractivity contribution in [3.63, 3.8) is 0 Å². The Morgan fingerprint density at radius 2 is 2.17 bits per heavy atom. The van der Waals surface area contributed by atoms with Crippen molar-refractivity contribution in [2.45, 2.75) is 25.3 Å². The van der Waals surface area contributed by atoms with Crippen LogP contribution in [0.25, 0.3) is 0 Å². The first-order chi connectivity index (χ1) is 11.6. The normalized spacial score (nSPS) is 17.1. The zero-order valence-electron chi connectivity index (χ0n) is 13.5. The standard InChI is InChI=1S/C19H20FNO3/c1-24-16-7-8-17(18(22)12-16)19(23)21-9-3-6-15(21)11-13-4-2-5-14(20)10-13/h2,4-5,7-8,10,12,15,22H,3,6,9,11H2,1H3. The molecule has 3 rings (SSSR count). The smallest absolute Gasteiger partial charge is 0.257 e. The molecule has 0 aromatic heterocycles. The summed E-state index contributed by atoms with van der Waals surface area (Å²) in [6.45, 7) is 0.643.